The summed E-state index contributed by atoms with van der Waals surface area (Å²) in [4.78, 5) is 8.26. The van der Waals surface area contributed by atoms with Crippen LogP contribution < -0.4 is 10.1 Å². The Morgan fingerprint density at radius 2 is 2.18 bits per heavy atom. The van der Waals surface area contributed by atoms with Gasteiger partial charge in [0.2, 0.25) is 5.88 Å². The Bertz CT molecular complexity index is 363. The summed E-state index contributed by atoms with van der Waals surface area (Å²) in [6.07, 6.45) is 6.81. The number of hydrogen-bond acceptors (Lipinski definition) is 4. The molecule has 0 radical (unpaired) electrons. The fourth-order valence-corrected chi connectivity index (χ4v) is 2.16. The smallest absolute Gasteiger partial charge is 0.218 e. The molecular weight excluding hydrogens is 214 g/mol. The van der Waals surface area contributed by atoms with Gasteiger partial charge in [-0.15, -0.1) is 0 Å². The maximum atomic E-state index is 5.35. The fraction of sp³-hybridized carbons (Fsp3) is 0.692. The van der Waals surface area contributed by atoms with Crippen LogP contribution in [0.4, 0.5) is 5.82 Å². The Morgan fingerprint density at radius 3 is 2.82 bits per heavy atom. The summed E-state index contributed by atoms with van der Waals surface area (Å²) in [6.45, 7) is 5.85. The SMILES string of the molecule is CCCC1(CNc2cc(OCC)ncn2)CC1. The van der Waals surface area contributed by atoms with E-state index in [9.17, 15) is 0 Å². The van der Waals surface area contributed by atoms with Crippen LogP contribution in [0.5, 0.6) is 5.88 Å². The van der Waals surface area contributed by atoms with Gasteiger partial charge < -0.3 is 10.1 Å². The van der Waals surface area contributed by atoms with Crippen LogP contribution in [-0.2, 0) is 0 Å². The van der Waals surface area contributed by atoms with E-state index in [-0.39, 0.29) is 0 Å². The van der Waals surface area contributed by atoms with Gasteiger partial charge in [-0.05, 0) is 31.6 Å². The van der Waals surface area contributed by atoms with Gasteiger partial charge >= 0.3 is 0 Å². The zero-order valence-electron chi connectivity index (χ0n) is 10.7. The molecule has 94 valence electrons. The topological polar surface area (TPSA) is 47.0 Å². The molecule has 1 aromatic rings. The van der Waals surface area contributed by atoms with E-state index in [1.54, 1.807) is 6.33 Å². The first-order valence-corrected chi connectivity index (χ1v) is 6.47. The van der Waals surface area contributed by atoms with Crippen LogP contribution in [0.2, 0.25) is 0 Å². The predicted octanol–water partition coefficient (Wildman–Crippen LogP) is 2.87. The first-order valence-electron chi connectivity index (χ1n) is 6.47. The summed E-state index contributed by atoms with van der Waals surface area (Å²) in [5.41, 5.74) is 0.533. The van der Waals surface area contributed by atoms with Crippen molar-refractivity contribution in [1.29, 1.82) is 0 Å². The third kappa shape index (κ3) is 3.32. The van der Waals surface area contributed by atoms with E-state index in [0.717, 1.165) is 12.4 Å². The molecule has 0 amide bonds. The van der Waals surface area contributed by atoms with E-state index in [0.29, 0.717) is 17.9 Å². The Labute approximate surface area is 103 Å². The Balaban J connectivity index is 1.88. The van der Waals surface area contributed by atoms with Gasteiger partial charge in [0, 0.05) is 12.6 Å². The molecule has 0 saturated heterocycles. The van der Waals surface area contributed by atoms with Crippen molar-refractivity contribution in [3.63, 3.8) is 0 Å². The first-order chi connectivity index (χ1) is 8.28. The van der Waals surface area contributed by atoms with Crippen molar-refractivity contribution >= 4 is 5.82 Å². The molecule has 17 heavy (non-hydrogen) atoms. The lowest BCUT2D eigenvalue weighted by Gasteiger charge is -2.15. The molecule has 2 rings (SSSR count). The molecule has 0 unspecified atom stereocenters. The minimum Gasteiger partial charge on any atom is -0.478 e. The largest absolute Gasteiger partial charge is 0.478 e. The summed E-state index contributed by atoms with van der Waals surface area (Å²) >= 11 is 0. The number of hydrogen-bond donors (Lipinski definition) is 1. The van der Waals surface area contributed by atoms with Crippen molar-refractivity contribution < 1.29 is 4.74 Å². The van der Waals surface area contributed by atoms with Crippen LogP contribution >= 0.6 is 0 Å². The average molecular weight is 235 g/mol. The van der Waals surface area contributed by atoms with Crippen LogP contribution in [0.25, 0.3) is 0 Å². The van der Waals surface area contributed by atoms with Gasteiger partial charge in [-0.1, -0.05) is 13.3 Å². The standard InChI is InChI=1S/C13H21N3O/c1-3-5-13(6-7-13)9-14-11-8-12(17-4-2)16-10-15-11/h8,10H,3-7,9H2,1-2H3,(H,14,15,16). The normalized spacial score (nSPS) is 16.6. The van der Waals surface area contributed by atoms with Gasteiger partial charge in [0.25, 0.3) is 0 Å². The molecule has 4 heteroatoms. The molecule has 0 aromatic carbocycles. The highest BCUT2D eigenvalue weighted by molar-refractivity contribution is 5.37. The summed E-state index contributed by atoms with van der Waals surface area (Å²) < 4.78 is 5.35. The van der Waals surface area contributed by atoms with E-state index >= 15 is 0 Å². The van der Waals surface area contributed by atoms with Gasteiger partial charge in [0.15, 0.2) is 0 Å². The molecule has 4 nitrogen and oxygen atoms in total. The summed E-state index contributed by atoms with van der Waals surface area (Å²) in [6, 6.07) is 1.87. The lowest BCUT2D eigenvalue weighted by molar-refractivity contribution is 0.326. The second-order valence-corrected chi connectivity index (χ2v) is 4.78. The maximum Gasteiger partial charge on any atom is 0.218 e. The van der Waals surface area contributed by atoms with Crippen molar-refractivity contribution in [2.24, 2.45) is 5.41 Å². The number of ether oxygens (including phenoxy) is 1. The third-order valence-electron chi connectivity index (χ3n) is 3.32. The van der Waals surface area contributed by atoms with E-state index in [1.165, 1.54) is 25.7 Å². The van der Waals surface area contributed by atoms with Crippen molar-refractivity contribution in [3.8, 4) is 5.88 Å². The number of rotatable bonds is 7. The zero-order chi connectivity index (χ0) is 12.1. The molecular formula is C13H21N3O. The molecule has 0 spiro atoms. The van der Waals surface area contributed by atoms with Gasteiger partial charge in [-0.2, -0.15) is 0 Å². The molecule has 1 N–H and O–H groups in total. The van der Waals surface area contributed by atoms with Gasteiger partial charge in [0.1, 0.15) is 12.1 Å². The van der Waals surface area contributed by atoms with Crippen molar-refractivity contribution in [1.82, 2.24) is 9.97 Å². The second-order valence-electron chi connectivity index (χ2n) is 4.78. The highest BCUT2D eigenvalue weighted by Gasteiger charge is 2.41. The van der Waals surface area contributed by atoms with Crippen molar-refractivity contribution in [2.45, 2.75) is 39.5 Å². The lowest BCUT2D eigenvalue weighted by Crippen LogP contribution is -2.16. The zero-order valence-corrected chi connectivity index (χ0v) is 10.7. The lowest BCUT2D eigenvalue weighted by atomic mass is 10.0. The number of nitrogens with one attached hydrogen (secondary N) is 1. The second kappa shape index (κ2) is 5.34. The molecule has 1 heterocycles. The molecule has 1 aliphatic rings. The van der Waals surface area contributed by atoms with Crippen molar-refractivity contribution in [3.05, 3.63) is 12.4 Å². The Morgan fingerprint density at radius 1 is 1.35 bits per heavy atom. The minimum atomic E-state index is 0.533. The van der Waals surface area contributed by atoms with E-state index in [4.69, 9.17) is 4.74 Å². The molecule has 0 bridgehead atoms. The average Bonchev–Trinajstić information content (AvgIpc) is 3.09. The third-order valence-corrected chi connectivity index (χ3v) is 3.32. The van der Waals surface area contributed by atoms with E-state index < -0.39 is 0 Å². The Kier molecular flexibility index (Phi) is 3.82. The van der Waals surface area contributed by atoms with E-state index in [1.807, 2.05) is 13.0 Å². The van der Waals surface area contributed by atoms with Gasteiger partial charge in [0.05, 0.1) is 6.61 Å². The number of nitrogens with zero attached hydrogens (tertiary/aromatic N) is 2. The highest BCUT2D eigenvalue weighted by Crippen LogP contribution is 2.49. The summed E-state index contributed by atoms with van der Waals surface area (Å²) in [5, 5.41) is 3.40. The molecule has 1 saturated carbocycles. The molecule has 0 atom stereocenters. The predicted molar refractivity (Wildman–Crippen MR) is 68.3 cm³/mol. The van der Waals surface area contributed by atoms with Crippen LogP contribution in [0.3, 0.4) is 0 Å². The molecule has 0 aliphatic heterocycles. The fourth-order valence-electron chi connectivity index (χ4n) is 2.16. The van der Waals surface area contributed by atoms with Crippen LogP contribution in [-0.4, -0.2) is 23.1 Å². The first kappa shape index (κ1) is 12.1. The number of aromatic nitrogens is 2. The molecule has 1 aliphatic carbocycles. The molecule has 1 fully saturated rings. The van der Waals surface area contributed by atoms with Crippen molar-refractivity contribution in [2.75, 3.05) is 18.5 Å². The highest BCUT2D eigenvalue weighted by atomic mass is 16.5. The quantitative estimate of drug-likeness (QED) is 0.789. The Hall–Kier alpha value is -1.32. The minimum absolute atomic E-state index is 0.533. The molecule has 1 aromatic heterocycles. The maximum absolute atomic E-state index is 5.35. The van der Waals surface area contributed by atoms with Crippen LogP contribution in [0, 0.1) is 5.41 Å². The summed E-state index contributed by atoms with van der Waals surface area (Å²) in [7, 11) is 0. The van der Waals surface area contributed by atoms with Crippen LogP contribution in [0.1, 0.15) is 39.5 Å². The van der Waals surface area contributed by atoms with Gasteiger partial charge in [-0.25, -0.2) is 9.97 Å². The monoisotopic (exact) mass is 235 g/mol. The summed E-state index contributed by atoms with van der Waals surface area (Å²) in [5.74, 6) is 1.51. The van der Waals surface area contributed by atoms with Crippen LogP contribution in [0.15, 0.2) is 12.4 Å². The van der Waals surface area contributed by atoms with Gasteiger partial charge in [-0.3, -0.25) is 0 Å². The number of anilines is 1. The van der Waals surface area contributed by atoms with E-state index in [2.05, 4.69) is 22.2 Å².